The Morgan fingerprint density at radius 2 is 2.11 bits per heavy atom. The molecule has 1 N–H and O–H groups in total. The zero-order valence-corrected chi connectivity index (χ0v) is 10.8. The molecule has 0 bridgehead atoms. The third-order valence-corrected chi connectivity index (χ3v) is 1.99. The smallest absolute Gasteiger partial charge is 0.351 e. The van der Waals surface area contributed by atoms with Crippen molar-refractivity contribution < 1.29 is 14.5 Å². The minimum absolute atomic E-state index is 0.162. The molecule has 0 saturated carbocycles. The predicted molar refractivity (Wildman–Crippen MR) is 65.8 cm³/mol. The highest BCUT2D eigenvalue weighted by atomic mass is 16.6. The van der Waals surface area contributed by atoms with Gasteiger partial charge in [0.2, 0.25) is 0 Å². The summed E-state index contributed by atoms with van der Waals surface area (Å²) in [7, 11) is 0. The molecule has 0 aromatic rings. The van der Waals surface area contributed by atoms with Gasteiger partial charge >= 0.3 is 5.97 Å². The standard InChI is InChI=1S/C12H13N3O4/c1-12(2,3)19-11(16)9(6-13)10-5-4-8(7-14-10)15(17)18/h4-5,7,14H,1-3H3/b10-9+. The van der Waals surface area contributed by atoms with Crippen LogP contribution in [0.3, 0.4) is 0 Å². The fourth-order valence-electron chi connectivity index (χ4n) is 1.23. The highest BCUT2D eigenvalue weighted by Gasteiger charge is 2.23. The largest absolute Gasteiger partial charge is 0.456 e. The maximum atomic E-state index is 11.8. The molecule has 0 unspecified atom stereocenters. The monoisotopic (exact) mass is 263 g/mol. The van der Waals surface area contributed by atoms with Crippen LogP contribution in [0.5, 0.6) is 0 Å². The van der Waals surface area contributed by atoms with Crippen LogP contribution in [0.4, 0.5) is 0 Å². The van der Waals surface area contributed by atoms with E-state index in [0.29, 0.717) is 0 Å². The first-order valence-electron chi connectivity index (χ1n) is 5.41. The molecule has 1 aliphatic rings. The lowest BCUT2D eigenvalue weighted by Crippen LogP contribution is -2.26. The molecule has 7 heteroatoms. The van der Waals surface area contributed by atoms with Crippen molar-refractivity contribution in [2.24, 2.45) is 0 Å². The topological polar surface area (TPSA) is 105 Å². The van der Waals surface area contributed by atoms with Gasteiger partial charge in [-0.1, -0.05) is 0 Å². The minimum atomic E-state index is -0.778. The van der Waals surface area contributed by atoms with Gasteiger partial charge in [-0.3, -0.25) is 10.1 Å². The molecule has 100 valence electrons. The fourth-order valence-corrected chi connectivity index (χ4v) is 1.23. The van der Waals surface area contributed by atoms with Gasteiger partial charge in [0.05, 0.1) is 16.8 Å². The van der Waals surface area contributed by atoms with E-state index in [-0.39, 0.29) is 17.0 Å². The number of nitro groups is 1. The maximum Gasteiger partial charge on any atom is 0.351 e. The molecular weight excluding hydrogens is 250 g/mol. The van der Waals surface area contributed by atoms with Gasteiger partial charge < -0.3 is 10.1 Å². The van der Waals surface area contributed by atoms with Crippen molar-refractivity contribution in [3.05, 3.63) is 45.4 Å². The molecule has 0 aromatic carbocycles. The molecule has 0 aliphatic carbocycles. The highest BCUT2D eigenvalue weighted by molar-refractivity contribution is 5.94. The summed E-state index contributed by atoms with van der Waals surface area (Å²) in [4.78, 5) is 21.7. The van der Waals surface area contributed by atoms with E-state index in [4.69, 9.17) is 10.00 Å². The summed E-state index contributed by atoms with van der Waals surface area (Å²) in [6.45, 7) is 5.04. The molecule has 0 atom stereocenters. The van der Waals surface area contributed by atoms with Crippen LogP contribution >= 0.6 is 0 Å². The number of hydrogen-bond acceptors (Lipinski definition) is 6. The average Bonchev–Trinajstić information content (AvgIpc) is 2.28. The first-order valence-corrected chi connectivity index (χ1v) is 5.41. The Labute approximate surface area is 110 Å². The van der Waals surface area contributed by atoms with Crippen molar-refractivity contribution in [1.82, 2.24) is 5.32 Å². The summed E-state index contributed by atoms with van der Waals surface area (Å²) in [5, 5.41) is 22.0. The Morgan fingerprint density at radius 1 is 1.47 bits per heavy atom. The van der Waals surface area contributed by atoms with Gasteiger partial charge in [-0.25, -0.2) is 4.79 Å². The minimum Gasteiger partial charge on any atom is -0.456 e. The van der Waals surface area contributed by atoms with Gasteiger partial charge in [-0.2, -0.15) is 5.26 Å². The quantitative estimate of drug-likeness (QED) is 0.265. The number of allylic oxidation sites excluding steroid dienone is 2. The van der Waals surface area contributed by atoms with Crippen LogP contribution < -0.4 is 5.32 Å². The van der Waals surface area contributed by atoms with Crippen LogP contribution in [0.2, 0.25) is 0 Å². The van der Waals surface area contributed by atoms with Crippen LogP contribution in [-0.2, 0) is 9.53 Å². The number of esters is 1. The SMILES string of the molecule is CC(C)(C)OC(=O)/C(C#N)=C1\C=CC([N+](=O)[O-])=CN1. The van der Waals surface area contributed by atoms with Crippen molar-refractivity contribution in [2.75, 3.05) is 0 Å². The molecule has 0 spiro atoms. The third-order valence-electron chi connectivity index (χ3n) is 1.99. The third kappa shape index (κ3) is 3.96. The molecule has 0 amide bonds. The first kappa shape index (κ1) is 14.4. The Balaban J connectivity index is 2.97. The van der Waals surface area contributed by atoms with Crippen LogP contribution in [0.15, 0.2) is 35.3 Å². The zero-order chi connectivity index (χ0) is 14.6. The Hall–Kier alpha value is -2.62. The van der Waals surface area contributed by atoms with E-state index >= 15 is 0 Å². The van der Waals surface area contributed by atoms with E-state index in [1.807, 2.05) is 0 Å². The van der Waals surface area contributed by atoms with Crippen molar-refractivity contribution >= 4 is 5.97 Å². The van der Waals surface area contributed by atoms with Crippen molar-refractivity contribution in [1.29, 1.82) is 5.26 Å². The Bertz CT molecular complexity index is 544. The molecule has 1 rings (SSSR count). The van der Waals surface area contributed by atoms with E-state index in [9.17, 15) is 14.9 Å². The zero-order valence-electron chi connectivity index (χ0n) is 10.8. The number of rotatable bonds is 2. The van der Waals surface area contributed by atoms with Crippen LogP contribution in [0.1, 0.15) is 20.8 Å². The van der Waals surface area contributed by atoms with Crippen molar-refractivity contribution in [2.45, 2.75) is 26.4 Å². The van der Waals surface area contributed by atoms with Crippen LogP contribution in [0.25, 0.3) is 0 Å². The second kappa shape index (κ2) is 5.35. The number of dihydropyridines is 1. The van der Waals surface area contributed by atoms with Crippen LogP contribution in [-0.4, -0.2) is 16.5 Å². The number of carbonyl (C=O) groups is 1. The molecular formula is C12H13N3O4. The maximum absolute atomic E-state index is 11.8. The molecule has 19 heavy (non-hydrogen) atoms. The number of nitriles is 1. The normalized spacial score (nSPS) is 16.8. The number of carbonyl (C=O) groups excluding carboxylic acids is 1. The number of nitrogens with one attached hydrogen (secondary N) is 1. The average molecular weight is 263 g/mol. The van der Waals surface area contributed by atoms with Gasteiger partial charge in [0.1, 0.15) is 11.7 Å². The lowest BCUT2D eigenvalue weighted by atomic mass is 10.1. The fraction of sp³-hybridized carbons (Fsp3) is 0.333. The van der Waals surface area contributed by atoms with E-state index in [1.54, 1.807) is 26.8 Å². The number of hydrogen-bond donors (Lipinski definition) is 1. The summed E-state index contributed by atoms with van der Waals surface area (Å²) >= 11 is 0. The van der Waals surface area contributed by atoms with Gasteiger partial charge in [0.25, 0.3) is 5.70 Å². The van der Waals surface area contributed by atoms with E-state index in [1.165, 1.54) is 12.2 Å². The molecule has 7 nitrogen and oxygen atoms in total. The highest BCUT2D eigenvalue weighted by Crippen LogP contribution is 2.15. The second-order valence-electron chi connectivity index (χ2n) is 4.71. The summed E-state index contributed by atoms with van der Waals surface area (Å²) < 4.78 is 5.07. The van der Waals surface area contributed by atoms with Gasteiger partial charge in [0, 0.05) is 6.08 Å². The molecule has 0 fully saturated rings. The van der Waals surface area contributed by atoms with Crippen molar-refractivity contribution in [3.8, 4) is 6.07 Å². The first-order chi connectivity index (χ1) is 8.74. The van der Waals surface area contributed by atoms with E-state index < -0.39 is 16.5 Å². The summed E-state index contributed by atoms with van der Waals surface area (Å²) in [5.41, 5.74) is -0.947. The van der Waals surface area contributed by atoms with Crippen LogP contribution in [0, 0.1) is 21.4 Å². The van der Waals surface area contributed by atoms with Gasteiger partial charge in [-0.05, 0) is 26.8 Å². The van der Waals surface area contributed by atoms with Crippen molar-refractivity contribution in [3.63, 3.8) is 0 Å². The summed E-state index contributed by atoms with van der Waals surface area (Å²) in [6.07, 6.45) is 3.60. The number of ether oxygens (including phenoxy) is 1. The molecule has 0 saturated heterocycles. The lowest BCUT2D eigenvalue weighted by Gasteiger charge is -2.19. The summed E-state index contributed by atoms with van der Waals surface area (Å²) in [5.74, 6) is -0.778. The molecule has 1 heterocycles. The Kier molecular flexibility index (Phi) is 4.07. The summed E-state index contributed by atoms with van der Waals surface area (Å²) in [6, 6.07) is 1.73. The second-order valence-corrected chi connectivity index (χ2v) is 4.71. The molecule has 1 aliphatic heterocycles. The van der Waals surface area contributed by atoms with Gasteiger partial charge in [-0.15, -0.1) is 0 Å². The van der Waals surface area contributed by atoms with E-state index in [2.05, 4.69) is 5.32 Å². The number of nitrogens with zero attached hydrogens (tertiary/aromatic N) is 2. The molecule has 0 aromatic heterocycles. The molecule has 0 radical (unpaired) electrons. The Morgan fingerprint density at radius 3 is 2.47 bits per heavy atom. The van der Waals surface area contributed by atoms with E-state index in [0.717, 1.165) is 6.20 Å². The lowest BCUT2D eigenvalue weighted by molar-refractivity contribution is -0.419. The van der Waals surface area contributed by atoms with Gasteiger partial charge in [0.15, 0.2) is 5.57 Å². The predicted octanol–water partition coefficient (Wildman–Crippen LogP) is 1.38.